The molecule has 15 heavy (non-hydrogen) atoms. The molecule has 0 bridgehead atoms. The molecule has 0 aliphatic carbocycles. The van der Waals surface area contributed by atoms with Crippen LogP contribution in [0.15, 0.2) is 51.9 Å². The summed E-state index contributed by atoms with van der Waals surface area (Å²) in [6.07, 6.45) is 0. The van der Waals surface area contributed by atoms with E-state index in [9.17, 15) is 0 Å². The number of thiophene rings is 1. The van der Waals surface area contributed by atoms with Crippen molar-refractivity contribution in [3.63, 3.8) is 0 Å². The van der Waals surface area contributed by atoms with Gasteiger partial charge < -0.3 is 0 Å². The number of rotatable bonds is 3. The highest BCUT2D eigenvalue weighted by molar-refractivity contribution is 8.04. The van der Waals surface area contributed by atoms with Crippen LogP contribution in [0.3, 0.4) is 0 Å². The van der Waals surface area contributed by atoms with Gasteiger partial charge in [0, 0.05) is 10.6 Å². The third kappa shape index (κ3) is 2.46. The van der Waals surface area contributed by atoms with E-state index in [1.165, 1.54) is 15.3 Å². The summed E-state index contributed by atoms with van der Waals surface area (Å²) in [6.45, 7) is 3.73. The molecule has 0 aliphatic rings. The lowest BCUT2D eigenvalue weighted by Crippen LogP contribution is -1.74. The smallest absolute Gasteiger partial charge is 0.0718 e. The van der Waals surface area contributed by atoms with Crippen molar-refractivity contribution in [1.29, 1.82) is 0 Å². The molecule has 0 unspecified atom stereocenters. The molecule has 2 rings (SSSR count). The number of hydrogen-bond acceptors (Lipinski definition) is 2. The third-order valence-electron chi connectivity index (χ3n) is 1.98. The third-order valence-corrected chi connectivity index (χ3v) is 4.11. The van der Waals surface area contributed by atoms with Gasteiger partial charge in [0.25, 0.3) is 0 Å². The monoisotopic (exact) mass is 252 g/mol. The quantitative estimate of drug-likeness (QED) is 0.668. The van der Waals surface area contributed by atoms with E-state index in [2.05, 4.69) is 18.0 Å². The molecule has 0 amide bonds. The van der Waals surface area contributed by atoms with Gasteiger partial charge in [0.2, 0.25) is 0 Å². The lowest BCUT2D eigenvalue weighted by molar-refractivity contribution is 1.61. The maximum Gasteiger partial charge on any atom is 0.0718 e. The Bertz CT molecular complexity index is 457. The lowest BCUT2D eigenvalue weighted by atomic mass is 10.1. The number of halogens is 1. The summed E-state index contributed by atoms with van der Waals surface area (Å²) in [5, 5.41) is 4.72. The van der Waals surface area contributed by atoms with E-state index >= 15 is 0 Å². The second-order valence-corrected chi connectivity index (χ2v) is 5.50. The van der Waals surface area contributed by atoms with E-state index < -0.39 is 0 Å². The minimum absolute atomic E-state index is 0.770. The van der Waals surface area contributed by atoms with Gasteiger partial charge in [-0.05, 0) is 34.6 Å². The highest BCUT2D eigenvalue weighted by atomic mass is 35.5. The van der Waals surface area contributed by atoms with Crippen LogP contribution in [0.1, 0.15) is 0 Å². The van der Waals surface area contributed by atoms with Gasteiger partial charge in [-0.3, -0.25) is 0 Å². The largest absolute Gasteiger partial charge is 0.136 e. The molecule has 2 aromatic rings. The van der Waals surface area contributed by atoms with E-state index in [4.69, 9.17) is 11.6 Å². The van der Waals surface area contributed by atoms with Crippen LogP contribution in [0.4, 0.5) is 0 Å². The van der Waals surface area contributed by atoms with Gasteiger partial charge in [0.05, 0.1) is 4.21 Å². The minimum Gasteiger partial charge on any atom is -0.136 e. The number of thioether (sulfide) groups is 1. The van der Waals surface area contributed by atoms with Crippen molar-refractivity contribution in [3.05, 3.63) is 52.7 Å². The zero-order chi connectivity index (χ0) is 10.7. The molecule has 0 nitrogen and oxygen atoms in total. The molecule has 1 aromatic heterocycles. The summed E-state index contributed by atoms with van der Waals surface area (Å²) >= 11 is 9.24. The molecule has 0 N–H and O–H groups in total. The minimum atomic E-state index is 0.770. The van der Waals surface area contributed by atoms with Gasteiger partial charge in [-0.25, -0.2) is 0 Å². The molecule has 1 aromatic carbocycles. The molecular weight excluding hydrogens is 244 g/mol. The molecule has 1 heterocycles. The predicted molar refractivity (Wildman–Crippen MR) is 70.8 cm³/mol. The highest BCUT2D eigenvalue weighted by Gasteiger charge is 2.05. The average molecular weight is 253 g/mol. The van der Waals surface area contributed by atoms with Gasteiger partial charge in [0.1, 0.15) is 0 Å². The summed E-state index contributed by atoms with van der Waals surface area (Å²) < 4.78 is 1.27. The first kappa shape index (κ1) is 10.8. The van der Waals surface area contributed by atoms with Crippen LogP contribution in [0.2, 0.25) is 5.02 Å². The van der Waals surface area contributed by atoms with E-state index in [1.54, 1.807) is 23.1 Å². The second-order valence-electron chi connectivity index (χ2n) is 2.91. The van der Waals surface area contributed by atoms with Gasteiger partial charge in [-0.1, -0.05) is 42.1 Å². The van der Waals surface area contributed by atoms with Crippen LogP contribution < -0.4 is 0 Å². The summed E-state index contributed by atoms with van der Waals surface area (Å²) in [6, 6.07) is 10.0. The molecule has 0 aliphatic heterocycles. The number of hydrogen-bond donors (Lipinski definition) is 0. The van der Waals surface area contributed by atoms with Gasteiger partial charge in [-0.2, -0.15) is 0 Å². The molecule has 0 fully saturated rings. The molecule has 0 saturated carbocycles. The fourth-order valence-corrected chi connectivity index (χ4v) is 3.13. The topological polar surface area (TPSA) is 0 Å². The van der Waals surface area contributed by atoms with Crippen molar-refractivity contribution in [2.24, 2.45) is 0 Å². The van der Waals surface area contributed by atoms with Crippen LogP contribution in [-0.2, 0) is 0 Å². The standard InChI is InChI=1S/C12H9ClS2/c1-2-14-12-11(7-8-15-12)9-3-5-10(13)6-4-9/h2-8H,1H2. The van der Waals surface area contributed by atoms with Crippen molar-refractivity contribution >= 4 is 34.7 Å². The average Bonchev–Trinajstić information content (AvgIpc) is 2.68. The van der Waals surface area contributed by atoms with Gasteiger partial charge >= 0.3 is 0 Å². The summed E-state index contributed by atoms with van der Waals surface area (Å²) in [7, 11) is 0. The Labute approximate surface area is 103 Å². The Morgan fingerprint density at radius 2 is 1.93 bits per heavy atom. The zero-order valence-electron chi connectivity index (χ0n) is 7.94. The SMILES string of the molecule is C=CSc1sccc1-c1ccc(Cl)cc1. The molecule has 0 saturated heterocycles. The first-order valence-electron chi connectivity index (χ1n) is 4.42. The Morgan fingerprint density at radius 3 is 2.60 bits per heavy atom. The Morgan fingerprint density at radius 1 is 1.20 bits per heavy atom. The second kappa shape index (κ2) is 4.88. The van der Waals surface area contributed by atoms with Crippen LogP contribution in [0, 0.1) is 0 Å². The van der Waals surface area contributed by atoms with Crippen molar-refractivity contribution in [3.8, 4) is 11.1 Å². The van der Waals surface area contributed by atoms with Gasteiger partial charge in [0.15, 0.2) is 0 Å². The van der Waals surface area contributed by atoms with Crippen LogP contribution in [0.5, 0.6) is 0 Å². The van der Waals surface area contributed by atoms with E-state index in [1.807, 2.05) is 29.7 Å². The van der Waals surface area contributed by atoms with Gasteiger partial charge in [-0.15, -0.1) is 11.3 Å². The molecule has 0 spiro atoms. The maximum atomic E-state index is 5.86. The Hall–Kier alpha value is -0.700. The fraction of sp³-hybridized carbons (Fsp3) is 0. The molecule has 0 atom stereocenters. The number of benzene rings is 1. The summed E-state index contributed by atoms with van der Waals surface area (Å²) in [4.78, 5) is 0. The molecule has 0 radical (unpaired) electrons. The highest BCUT2D eigenvalue weighted by Crippen LogP contribution is 2.36. The summed E-state index contributed by atoms with van der Waals surface area (Å²) in [5.74, 6) is 0. The summed E-state index contributed by atoms with van der Waals surface area (Å²) in [5.41, 5.74) is 2.45. The van der Waals surface area contributed by atoms with Crippen LogP contribution >= 0.6 is 34.7 Å². The van der Waals surface area contributed by atoms with E-state index in [0.29, 0.717) is 0 Å². The van der Waals surface area contributed by atoms with E-state index in [0.717, 1.165) is 5.02 Å². The van der Waals surface area contributed by atoms with E-state index in [-0.39, 0.29) is 0 Å². The predicted octanol–water partition coefficient (Wildman–Crippen LogP) is 5.30. The maximum absolute atomic E-state index is 5.86. The zero-order valence-corrected chi connectivity index (χ0v) is 10.3. The van der Waals surface area contributed by atoms with Crippen LogP contribution in [-0.4, -0.2) is 0 Å². The molecular formula is C12H9ClS2. The first-order valence-corrected chi connectivity index (χ1v) is 6.56. The van der Waals surface area contributed by atoms with Crippen LogP contribution in [0.25, 0.3) is 11.1 Å². The molecule has 3 heteroatoms. The molecule has 76 valence electrons. The fourth-order valence-electron chi connectivity index (χ4n) is 1.31. The van der Waals surface area contributed by atoms with Crippen molar-refractivity contribution in [1.82, 2.24) is 0 Å². The first-order chi connectivity index (χ1) is 7.31. The Kier molecular flexibility index (Phi) is 3.52. The lowest BCUT2D eigenvalue weighted by Gasteiger charge is -2.01. The Balaban J connectivity index is 2.40. The van der Waals surface area contributed by atoms with Crippen molar-refractivity contribution in [2.45, 2.75) is 4.21 Å². The normalized spacial score (nSPS) is 10.2. The van der Waals surface area contributed by atoms with Crippen molar-refractivity contribution in [2.75, 3.05) is 0 Å². The van der Waals surface area contributed by atoms with Crippen molar-refractivity contribution < 1.29 is 0 Å².